The summed E-state index contributed by atoms with van der Waals surface area (Å²) in [4.78, 5) is 0. The summed E-state index contributed by atoms with van der Waals surface area (Å²) in [6.45, 7) is 12.0. The zero-order valence-corrected chi connectivity index (χ0v) is 14.8. The molecule has 0 aromatic rings. The highest BCUT2D eigenvalue weighted by Gasteiger charge is 2.34. The van der Waals surface area contributed by atoms with Gasteiger partial charge in [-0.2, -0.15) is 0 Å². The first-order valence-corrected chi connectivity index (χ1v) is 8.82. The summed E-state index contributed by atoms with van der Waals surface area (Å²) in [6, 6.07) is 0. The third kappa shape index (κ3) is 6.38. The molecule has 0 bridgehead atoms. The van der Waals surface area contributed by atoms with Crippen LogP contribution in [-0.2, 0) is 0 Å². The first kappa shape index (κ1) is 18.5. The van der Waals surface area contributed by atoms with Gasteiger partial charge in [0.2, 0.25) is 0 Å². The molecule has 1 rings (SSSR count). The summed E-state index contributed by atoms with van der Waals surface area (Å²) in [5, 5.41) is 8.90. The van der Waals surface area contributed by atoms with Gasteiger partial charge in [0.15, 0.2) is 0 Å². The number of hydrogen-bond acceptors (Lipinski definition) is 1. The van der Waals surface area contributed by atoms with E-state index >= 15 is 0 Å². The van der Waals surface area contributed by atoms with Crippen LogP contribution >= 0.6 is 0 Å². The molecular formula is C20H36O. The number of aliphatic hydroxyl groups is 1. The number of hydrogen-bond donors (Lipinski definition) is 1. The molecule has 0 aromatic carbocycles. The smallest absolute Gasteiger partial charge is 0.0436 e. The monoisotopic (exact) mass is 292 g/mol. The van der Waals surface area contributed by atoms with Crippen molar-refractivity contribution in [2.24, 2.45) is 29.1 Å². The van der Waals surface area contributed by atoms with E-state index in [2.05, 4.69) is 58.9 Å². The Hall–Kier alpha value is -0.560. The molecule has 0 aliphatic heterocycles. The van der Waals surface area contributed by atoms with Gasteiger partial charge in [-0.15, -0.1) is 0 Å². The first-order valence-electron chi connectivity index (χ1n) is 8.82. The SMILES string of the molecule is C[C@H](/C=C\C[C@@H](C)/C=C/[C@H]1[C@H](C)CCCC1(C)C)CCO. The van der Waals surface area contributed by atoms with Crippen molar-refractivity contribution in [3.63, 3.8) is 0 Å². The van der Waals surface area contributed by atoms with Gasteiger partial charge >= 0.3 is 0 Å². The van der Waals surface area contributed by atoms with E-state index in [1.54, 1.807) is 0 Å². The van der Waals surface area contributed by atoms with Crippen molar-refractivity contribution in [1.82, 2.24) is 0 Å². The van der Waals surface area contributed by atoms with E-state index in [0.717, 1.165) is 24.7 Å². The Labute approximate surface area is 132 Å². The second-order valence-corrected chi connectivity index (χ2v) is 7.90. The summed E-state index contributed by atoms with van der Waals surface area (Å²) < 4.78 is 0. The Morgan fingerprint density at radius 1 is 1.19 bits per heavy atom. The van der Waals surface area contributed by atoms with E-state index in [-0.39, 0.29) is 6.61 Å². The standard InChI is InChI=1S/C20H36O/c1-16(8-6-9-17(2)13-15-21)11-12-19-18(3)10-7-14-20(19,4)5/h6,9,11-12,16-19,21H,7-8,10,13-15H2,1-5H3/b9-6-,12-11+/t16-,17-,18-,19+/m1/s1. The van der Waals surface area contributed by atoms with E-state index in [1.165, 1.54) is 19.3 Å². The van der Waals surface area contributed by atoms with Crippen molar-refractivity contribution in [2.75, 3.05) is 6.61 Å². The molecule has 1 heteroatoms. The predicted molar refractivity (Wildman–Crippen MR) is 93.2 cm³/mol. The molecule has 1 fully saturated rings. The molecule has 0 aromatic heterocycles. The molecule has 122 valence electrons. The zero-order chi connectivity index (χ0) is 15.9. The van der Waals surface area contributed by atoms with Crippen LogP contribution in [0.5, 0.6) is 0 Å². The van der Waals surface area contributed by atoms with Crippen LogP contribution in [0.3, 0.4) is 0 Å². The van der Waals surface area contributed by atoms with Crippen LogP contribution in [0.15, 0.2) is 24.3 Å². The summed E-state index contributed by atoms with van der Waals surface area (Å²) in [5.41, 5.74) is 0.458. The van der Waals surface area contributed by atoms with Crippen LogP contribution in [-0.4, -0.2) is 11.7 Å². The van der Waals surface area contributed by atoms with Crippen LogP contribution in [0.2, 0.25) is 0 Å². The maximum atomic E-state index is 8.90. The third-order valence-corrected chi connectivity index (χ3v) is 5.20. The van der Waals surface area contributed by atoms with Gasteiger partial charge in [-0.1, -0.05) is 71.8 Å². The van der Waals surface area contributed by atoms with Crippen molar-refractivity contribution in [3.05, 3.63) is 24.3 Å². The van der Waals surface area contributed by atoms with E-state index < -0.39 is 0 Å². The number of allylic oxidation sites excluding steroid dienone is 4. The van der Waals surface area contributed by atoms with E-state index in [9.17, 15) is 0 Å². The molecule has 0 saturated heterocycles. The fourth-order valence-electron chi connectivity index (χ4n) is 3.66. The van der Waals surface area contributed by atoms with Crippen LogP contribution in [0, 0.1) is 29.1 Å². The largest absolute Gasteiger partial charge is 0.396 e. The second-order valence-electron chi connectivity index (χ2n) is 7.90. The summed E-state index contributed by atoms with van der Waals surface area (Å²) in [5.74, 6) is 2.64. The summed E-state index contributed by atoms with van der Waals surface area (Å²) in [6.07, 6.45) is 15.6. The van der Waals surface area contributed by atoms with Gasteiger partial charge in [0.05, 0.1) is 0 Å². The van der Waals surface area contributed by atoms with E-state index in [1.807, 2.05) is 0 Å². The Kier molecular flexibility index (Phi) is 7.73. The molecule has 1 aliphatic rings. The Morgan fingerprint density at radius 2 is 1.90 bits per heavy atom. The molecule has 0 radical (unpaired) electrons. The molecule has 0 amide bonds. The minimum atomic E-state index is 0.287. The topological polar surface area (TPSA) is 20.2 Å². The fraction of sp³-hybridized carbons (Fsp3) is 0.800. The third-order valence-electron chi connectivity index (χ3n) is 5.20. The van der Waals surface area contributed by atoms with Crippen LogP contribution < -0.4 is 0 Å². The van der Waals surface area contributed by atoms with Gasteiger partial charge < -0.3 is 5.11 Å². The van der Waals surface area contributed by atoms with Gasteiger partial charge in [0, 0.05) is 6.61 Å². The van der Waals surface area contributed by atoms with Crippen molar-refractivity contribution < 1.29 is 5.11 Å². The molecule has 1 N–H and O–H groups in total. The van der Waals surface area contributed by atoms with Crippen molar-refractivity contribution in [3.8, 4) is 0 Å². The van der Waals surface area contributed by atoms with Crippen molar-refractivity contribution in [1.29, 1.82) is 0 Å². The average molecular weight is 293 g/mol. The normalized spacial score (nSPS) is 29.0. The molecule has 0 unspecified atom stereocenters. The van der Waals surface area contributed by atoms with Gasteiger partial charge in [0.25, 0.3) is 0 Å². The highest BCUT2D eigenvalue weighted by atomic mass is 16.3. The molecule has 0 heterocycles. The first-order chi connectivity index (χ1) is 9.86. The average Bonchev–Trinajstić information content (AvgIpc) is 2.37. The zero-order valence-electron chi connectivity index (χ0n) is 14.8. The van der Waals surface area contributed by atoms with Gasteiger partial charge in [-0.3, -0.25) is 0 Å². The van der Waals surface area contributed by atoms with E-state index in [0.29, 0.717) is 17.3 Å². The van der Waals surface area contributed by atoms with Crippen molar-refractivity contribution in [2.45, 2.75) is 66.7 Å². The quantitative estimate of drug-likeness (QED) is 0.605. The molecule has 1 nitrogen and oxygen atoms in total. The molecule has 1 aliphatic carbocycles. The highest BCUT2D eigenvalue weighted by molar-refractivity contribution is 5.02. The Morgan fingerprint density at radius 3 is 2.52 bits per heavy atom. The summed E-state index contributed by atoms with van der Waals surface area (Å²) >= 11 is 0. The summed E-state index contributed by atoms with van der Waals surface area (Å²) in [7, 11) is 0. The predicted octanol–water partition coefficient (Wildman–Crippen LogP) is 5.61. The Bertz CT molecular complexity index is 340. The fourth-order valence-corrected chi connectivity index (χ4v) is 3.66. The molecular weight excluding hydrogens is 256 g/mol. The van der Waals surface area contributed by atoms with Gasteiger partial charge in [0.1, 0.15) is 0 Å². The Balaban J connectivity index is 2.47. The van der Waals surface area contributed by atoms with Gasteiger partial charge in [-0.25, -0.2) is 0 Å². The van der Waals surface area contributed by atoms with Crippen LogP contribution in [0.25, 0.3) is 0 Å². The van der Waals surface area contributed by atoms with Crippen LogP contribution in [0.1, 0.15) is 66.7 Å². The molecule has 4 atom stereocenters. The number of rotatable bonds is 7. The maximum absolute atomic E-state index is 8.90. The minimum Gasteiger partial charge on any atom is -0.396 e. The van der Waals surface area contributed by atoms with Crippen LogP contribution in [0.4, 0.5) is 0 Å². The highest BCUT2D eigenvalue weighted by Crippen LogP contribution is 2.44. The lowest BCUT2D eigenvalue weighted by Gasteiger charge is -2.41. The number of aliphatic hydroxyl groups excluding tert-OH is 1. The maximum Gasteiger partial charge on any atom is 0.0436 e. The molecule has 1 saturated carbocycles. The van der Waals surface area contributed by atoms with Gasteiger partial charge in [-0.05, 0) is 48.3 Å². The minimum absolute atomic E-state index is 0.287. The second kappa shape index (κ2) is 8.78. The molecule has 21 heavy (non-hydrogen) atoms. The lowest BCUT2D eigenvalue weighted by atomic mass is 9.64. The lowest BCUT2D eigenvalue weighted by molar-refractivity contribution is 0.122. The van der Waals surface area contributed by atoms with E-state index in [4.69, 9.17) is 5.11 Å². The lowest BCUT2D eigenvalue weighted by Crippen LogP contribution is -2.32. The van der Waals surface area contributed by atoms with Crippen molar-refractivity contribution >= 4 is 0 Å². The molecule has 0 spiro atoms.